The molecule has 4 nitrogen and oxygen atoms in total. The summed E-state index contributed by atoms with van der Waals surface area (Å²) in [4.78, 5) is 11.7. The van der Waals surface area contributed by atoms with Gasteiger partial charge in [0.2, 0.25) is 0 Å². The molecule has 0 aliphatic carbocycles. The van der Waals surface area contributed by atoms with Crippen LogP contribution in [0.25, 0.3) is 11.4 Å². The number of aromatic nitrogens is 3. The third kappa shape index (κ3) is 3.64. The van der Waals surface area contributed by atoms with E-state index in [1.165, 1.54) is 30.6 Å². The fourth-order valence-electron chi connectivity index (χ4n) is 3.71. The Kier molecular flexibility index (Phi) is 4.61. The molecule has 1 fully saturated rings. The molecule has 0 saturated carbocycles. The summed E-state index contributed by atoms with van der Waals surface area (Å²) in [5.41, 5.74) is 4.67. The van der Waals surface area contributed by atoms with E-state index in [1.807, 2.05) is 24.1 Å². The first-order chi connectivity index (χ1) is 12.3. The second-order valence-electron chi connectivity index (χ2n) is 6.90. The van der Waals surface area contributed by atoms with E-state index in [2.05, 4.69) is 58.4 Å². The molecule has 128 valence electrons. The maximum atomic E-state index is 4.95. The molecule has 1 aromatic carbocycles. The molecular weight excluding hydrogens is 308 g/mol. The summed E-state index contributed by atoms with van der Waals surface area (Å²) in [5.74, 6) is 0.505. The third-order valence-electron chi connectivity index (χ3n) is 5.02. The van der Waals surface area contributed by atoms with Gasteiger partial charge in [0.1, 0.15) is 0 Å². The van der Waals surface area contributed by atoms with Crippen molar-refractivity contribution in [2.75, 3.05) is 13.1 Å². The van der Waals surface area contributed by atoms with Crippen LogP contribution in [0, 0.1) is 0 Å². The van der Waals surface area contributed by atoms with Crippen molar-refractivity contribution < 1.29 is 0 Å². The lowest BCUT2D eigenvalue weighted by Crippen LogP contribution is -2.34. The zero-order valence-electron chi connectivity index (χ0n) is 14.7. The zero-order chi connectivity index (χ0) is 17.1. The van der Waals surface area contributed by atoms with Crippen molar-refractivity contribution >= 4 is 0 Å². The molecule has 2 aromatic heterocycles. The number of piperidine rings is 1. The average molecular weight is 332 g/mol. The fourth-order valence-corrected chi connectivity index (χ4v) is 3.71. The van der Waals surface area contributed by atoms with Crippen molar-refractivity contribution in [2.24, 2.45) is 7.05 Å². The Balaban J connectivity index is 1.51. The van der Waals surface area contributed by atoms with Gasteiger partial charge >= 0.3 is 0 Å². The maximum Gasteiger partial charge on any atom is 0.0948 e. The Bertz CT molecular complexity index is 825. The predicted octanol–water partition coefficient (Wildman–Crippen LogP) is 3.86. The summed E-state index contributed by atoms with van der Waals surface area (Å²) >= 11 is 0. The summed E-state index contributed by atoms with van der Waals surface area (Å²) in [6, 6.07) is 17.1. The minimum Gasteiger partial charge on any atom is -0.332 e. The summed E-state index contributed by atoms with van der Waals surface area (Å²) in [6.07, 6.45) is 6.16. The second kappa shape index (κ2) is 7.19. The van der Waals surface area contributed by atoms with Crippen molar-refractivity contribution in [3.8, 4) is 11.4 Å². The van der Waals surface area contributed by atoms with Crippen molar-refractivity contribution in [1.29, 1.82) is 0 Å². The number of hydrogen-bond donors (Lipinski definition) is 0. The Labute approximate surface area is 149 Å². The van der Waals surface area contributed by atoms with Gasteiger partial charge in [-0.15, -0.1) is 0 Å². The highest BCUT2D eigenvalue weighted by atomic mass is 15.1. The highest BCUT2D eigenvalue weighted by Gasteiger charge is 2.22. The summed E-state index contributed by atoms with van der Waals surface area (Å²) < 4.78 is 2.02. The average Bonchev–Trinajstić information content (AvgIpc) is 3.09. The van der Waals surface area contributed by atoms with Crippen LogP contribution in [0.5, 0.6) is 0 Å². The van der Waals surface area contributed by atoms with E-state index in [1.54, 1.807) is 0 Å². The van der Waals surface area contributed by atoms with E-state index in [-0.39, 0.29) is 0 Å². The van der Waals surface area contributed by atoms with E-state index >= 15 is 0 Å². The Morgan fingerprint density at radius 1 is 1.08 bits per heavy atom. The van der Waals surface area contributed by atoms with Gasteiger partial charge in [0, 0.05) is 31.7 Å². The van der Waals surface area contributed by atoms with Crippen LogP contribution in [0.2, 0.25) is 0 Å². The molecule has 3 heterocycles. The molecule has 25 heavy (non-hydrogen) atoms. The second-order valence-corrected chi connectivity index (χ2v) is 6.90. The Hall–Kier alpha value is -2.46. The maximum absolute atomic E-state index is 4.95. The van der Waals surface area contributed by atoms with Crippen molar-refractivity contribution in [1.82, 2.24) is 19.4 Å². The molecular formula is C21H24N4. The first-order valence-corrected chi connectivity index (χ1v) is 8.99. The highest BCUT2D eigenvalue weighted by molar-refractivity contribution is 5.53. The first kappa shape index (κ1) is 16.0. The number of aryl methyl sites for hydroxylation is 1. The van der Waals surface area contributed by atoms with E-state index in [9.17, 15) is 0 Å². The van der Waals surface area contributed by atoms with E-state index < -0.39 is 0 Å². The lowest BCUT2D eigenvalue weighted by Gasteiger charge is -2.32. The van der Waals surface area contributed by atoms with Gasteiger partial charge in [-0.2, -0.15) is 0 Å². The van der Waals surface area contributed by atoms with Crippen LogP contribution >= 0.6 is 0 Å². The van der Waals surface area contributed by atoms with Crippen LogP contribution in [0.1, 0.15) is 30.0 Å². The van der Waals surface area contributed by atoms with Crippen LogP contribution in [0.4, 0.5) is 0 Å². The third-order valence-corrected chi connectivity index (χ3v) is 5.02. The largest absolute Gasteiger partial charge is 0.332 e. The standard InChI is InChI=1S/C21H24N4/c1-24-16-22-13-21(24)20-11-5-10-19(23-20)18-9-6-12-25(15-18)14-17-7-3-2-4-8-17/h2-5,7-8,10-11,13,16,18H,6,9,12,14-15H2,1H3/t18-/m0/s1. The molecule has 1 aliphatic rings. The van der Waals surface area contributed by atoms with E-state index in [4.69, 9.17) is 4.98 Å². The Morgan fingerprint density at radius 2 is 1.96 bits per heavy atom. The molecule has 1 saturated heterocycles. The fraction of sp³-hybridized carbons (Fsp3) is 0.333. The number of rotatable bonds is 4. The number of likely N-dealkylation sites (tertiary alicyclic amines) is 1. The van der Waals surface area contributed by atoms with Gasteiger partial charge < -0.3 is 4.57 Å². The van der Waals surface area contributed by atoms with Gasteiger partial charge in [0.15, 0.2) is 0 Å². The van der Waals surface area contributed by atoms with E-state index in [0.717, 1.165) is 24.5 Å². The number of nitrogens with zero attached hydrogens (tertiary/aromatic N) is 4. The molecule has 0 amide bonds. The van der Waals surface area contributed by atoms with Gasteiger partial charge in [-0.3, -0.25) is 9.88 Å². The normalized spacial score (nSPS) is 18.4. The van der Waals surface area contributed by atoms with Gasteiger partial charge in [0.25, 0.3) is 0 Å². The molecule has 4 rings (SSSR count). The number of pyridine rings is 1. The van der Waals surface area contributed by atoms with Gasteiger partial charge in [-0.05, 0) is 37.1 Å². The van der Waals surface area contributed by atoms with Crippen LogP contribution in [-0.2, 0) is 13.6 Å². The molecule has 3 aromatic rings. The molecule has 0 bridgehead atoms. The lowest BCUT2D eigenvalue weighted by molar-refractivity contribution is 0.198. The van der Waals surface area contributed by atoms with Gasteiger partial charge in [-0.25, -0.2) is 4.98 Å². The Morgan fingerprint density at radius 3 is 2.76 bits per heavy atom. The summed E-state index contributed by atoms with van der Waals surface area (Å²) in [5, 5.41) is 0. The zero-order valence-corrected chi connectivity index (χ0v) is 14.7. The van der Waals surface area contributed by atoms with Crippen molar-refractivity contribution in [3.05, 3.63) is 72.3 Å². The molecule has 1 aliphatic heterocycles. The monoisotopic (exact) mass is 332 g/mol. The number of benzene rings is 1. The highest BCUT2D eigenvalue weighted by Crippen LogP contribution is 2.28. The number of imidazole rings is 1. The van der Waals surface area contributed by atoms with Crippen LogP contribution in [0.15, 0.2) is 61.1 Å². The van der Waals surface area contributed by atoms with E-state index in [0.29, 0.717) is 5.92 Å². The smallest absolute Gasteiger partial charge is 0.0948 e. The summed E-state index contributed by atoms with van der Waals surface area (Å²) in [6.45, 7) is 3.28. The molecule has 4 heteroatoms. The van der Waals surface area contributed by atoms with Crippen LogP contribution < -0.4 is 0 Å². The van der Waals surface area contributed by atoms with Gasteiger partial charge in [0.05, 0.1) is 23.9 Å². The molecule has 0 radical (unpaired) electrons. The minimum atomic E-state index is 0.505. The quantitative estimate of drug-likeness (QED) is 0.727. The molecule has 0 N–H and O–H groups in total. The number of hydrogen-bond acceptors (Lipinski definition) is 3. The topological polar surface area (TPSA) is 34.0 Å². The van der Waals surface area contributed by atoms with Crippen molar-refractivity contribution in [2.45, 2.75) is 25.3 Å². The predicted molar refractivity (Wildman–Crippen MR) is 100 cm³/mol. The summed E-state index contributed by atoms with van der Waals surface area (Å²) in [7, 11) is 2.01. The SMILES string of the molecule is Cn1cncc1-c1cccc([C@H]2CCCN(Cc3ccccc3)C2)n1. The molecule has 1 atom stereocenters. The first-order valence-electron chi connectivity index (χ1n) is 8.99. The molecule has 0 unspecified atom stereocenters. The minimum absolute atomic E-state index is 0.505. The van der Waals surface area contributed by atoms with Crippen LogP contribution in [-0.4, -0.2) is 32.5 Å². The van der Waals surface area contributed by atoms with Gasteiger partial charge in [-0.1, -0.05) is 36.4 Å². The lowest BCUT2D eigenvalue weighted by atomic mass is 9.93. The van der Waals surface area contributed by atoms with Crippen LogP contribution in [0.3, 0.4) is 0 Å². The van der Waals surface area contributed by atoms with Crippen molar-refractivity contribution in [3.63, 3.8) is 0 Å². The molecule has 0 spiro atoms.